The fraction of sp³-hybridized carbons (Fsp3) is 0.185. The smallest absolute Gasteiger partial charge is 0.264 e. The van der Waals surface area contributed by atoms with Gasteiger partial charge >= 0.3 is 0 Å². The van der Waals surface area contributed by atoms with Gasteiger partial charge in [-0.05, 0) is 52.6 Å². The van der Waals surface area contributed by atoms with E-state index in [1.54, 1.807) is 18.3 Å². The third kappa shape index (κ3) is 3.98. The number of aromatic nitrogens is 1. The van der Waals surface area contributed by atoms with Crippen LogP contribution in [-0.2, 0) is 6.54 Å². The second-order valence-electron chi connectivity index (χ2n) is 8.22. The summed E-state index contributed by atoms with van der Waals surface area (Å²) in [5.74, 6) is 1.37. The maximum Gasteiger partial charge on any atom is 0.264 e. The average molecular weight is 457 g/mol. The summed E-state index contributed by atoms with van der Waals surface area (Å²) in [7, 11) is 1.59. The number of methoxy groups -OCH3 is 1. The zero-order valence-electron chi connectivity index (χ0n) is 18.7. The number of ether oxygens (including phenoxy) is 1. The Kier molecular flexibility index (Phi) is 5.60. The molecule has 5 aromatic rings. The highest BCUT2D eigenvalue weighted by Gasteiger charge is 2.26. The molecule has 5 nitrogen and oxygen atoms in total. The third-order valence-corrected chi connectivity index (χ3v) is 6.77. The van der Waals surface area contributed by atoms with E-state index in [2.05, 4.69) is 26.0 Å². The number of fused-ring (bicyclic) bond motifs is 2. The van der Waals surface area contributed by atoms with Crippen molar-refractivity contribution in [3.05, 3.63) is 89.9 Å². The monoisotopic (exact) mass is 456 g/mol. The van der Waals surface area contributed by atoms with Crippen LogP contribution in [0.2, 0.25) is 0 Å². The van der Waals surface area contributed by atoms with E-state index in [0.717, 1.165) is 21.0 Å². The van der Waals surface area contributed by atoms with Gasteiger partial charge in [-0.1, -0.05) is 61.6 Å². The van der Waals surface area contributed by atoms with E-state index < -0.39 is 0 Å². The van der Waals surface area contributed by atoms with Crippen LogP contribution in [0, 0.1) is 0 Å². The molecular weight excluding hydrogens is 432 g/mol. The Bertz CT molecular complexity index is 1440. The largest absolute Gasteiger partial charge is 0.496 e. The van der Waals surface area contributed by atoms with Gasteiger partial charge in [0.25, 0.3) is 5.91 Å². The quantitative estimate of drug-likeness (QED) is 0.275. The van der Waals surface area contributed by atoms with Crippen molar-refractivity contribution in [2.24, 2.45) is 0 Å². The lowest BCUT2D eigenvalue weighted by atomic mass is 10.0. The van der Waals surface area contributed by atoms with Crippen LogP contribution in [0.15, 0.2) is 77.4 Å². The van der Waals surface area contributed by atoms with Gasteiger partial charge in [0.05, 0.1) is 35.7 Å². The number of amides is 1. The molecule has 0 N–H and O–H groups in total. The molecule has 0 fully saturated rings. The van der Waals surface area contributed by atoms with Gasteiger partial charge in [0.15, 0.2) is 5.13 Å². The average Bonchev–Trinajstić information content (AvgIpc) is 3.50. The van der Waals surface area contributed by atoms with Crippen molar-refractivity contribution in [1.29, 1.82) is 0 Å². The van der Waals surface area contributed by atoms with Crippen molar-refractivity contribution in [2.45, 2.75) is 26.3 Å². The lowest BCUT2D eigenvalue weighted by molar-refractivity contribution is 0.0980. The summed E-state index contributed by atoms with van der Waals surface area (Å²) in [4.78, 5) is 20.6. The Morgan fingerprint density at radius 1 is 1.06 bits per heavy atom. The van der Waals surface area contributed by atoms with Gasteiger partial charge in [0, 0.05) is 0 Å². The first-order chi connectivity index (χ1) is 16.0. The lowest BCUT2D eigenvalue weighted by Gasteiger charge is -2.20. The molecule has 0 spiro atoms. The number of para-hydroxylation sites is 1. The first kappa shape index (κ1) is 21.2. The summed E-state index contributed by atoms with van der Waals surface area (Å²) < 4.78 is 12.3. The van der Waals surface area contributed by atoms with E-state index in [4.69, 9.17) is 14.1 Å². The minimum atomic E-state index is -0.181. The summed E-state index contributed by atoms with van der Waals surface area (Å²) in [5, 5.41) is 2.63. The number of benzene rings is 3. The van der Waals surface area contributed by atoms with Crippen molar-refractivity contribution in [3.8, 4) is 5.75 Å². The van der Waals surface area contributed by atoms with Crippen molar-refractivity contribution < 1.29 is 13.9 Å². The summed E-state index contributed by atoms with van der Waals surface area (Å²) in [6.45, 7) is 4.58. The van der Waals surface area contributed by atoms with Crippen molar-refractivity contribution in [2.75, 3.05) is 12.0 Å². The van der Waals surface area contributed by atoms with E-state index in [-0.39, 0.29) is 12.5 Å². The molecule has 0 aliphatic heterocycles. The molecule has 0 radical (unpaired) electrons. The van der Waals surface area contributed by atoms with Crippen LogP contribution >= 0.6 is 11.3 Å². The fourth-order valence-electron chi connectivity index (χ4n) is 4.02. The number of hydrogen-bond acceptors (Lipinski definition) is 5. The van der Waals surface area contributed by atoms with Gasteiger partial charge in [-0.25, -0.2) is 4.98 Å². The Hall–Kier alpha value is -3.64. The van der Waals surface area contributed by atoms with E-state index in [0.29, 0.717) is 28.1 Å². The maximum absolute atomic E-state index is 14.0. The van der Waals surface area contributed by atoms with Gasteiger partial charge in [0.2, 0.25) is 0 Å². The Balaban J connectivity index is 1.65. The molecule has 2 heterocycles. The number of anilines is 1. The Morgan fingerprint density at radius 2 is 1.85 bits per heavy atom. The molecule has 0 aliphatic carbocycles. The summed E-state index contributed by atoms with van der Waals surface area (Å²) in [6, 6.07) is 21.6. The minimum absolute atomic E-state index is 0.181. The molecule has 3 aromatic carbocycles. The topological polar surface area (TPSA) is 55.6 Å². The third-order valence-electron chi connectivity index (χ3n) is 5.73. The lowest BCUT2D eigenvalue weighted by Crippen LogP contribution is -2.30. The van der Waals surface area contributed by atoms with Crippen LogP contribution in [0.1, 0.15) is 41.4 Å². The molecule has 0 atom stereocenters. The number of rotatable bonds is 6. The number of thiazole rings is 1. The molecule has 0 saturated heterocycles. The van der Waals surface area contributed by atoms with Crippen LogP contribution in [-0.4, -0.2) is 18.0 Å². The molecule has 5 rings (SSSR count). The highest BCUT2D eigenvalue weighted by atomic mass is 32.1. The van der Waals surface area contributed by atoms with Crippen molar-refractivity contribution in [3.63, 3.8) is 0 Å². The van der Waals surface area contributed by atoms with Gasteiger partial charge in [-0.3, -0.25) is 9.69 Å². The predicted octanol–water partition coefficient (Wildman–Crippen LogP) is 7.02. The zero-order valence-corrected chi connectivity index (χ0v) is 19.6. The Morgan fingerprint density at radius 3 is 2.55 bits per heavy atom. The SMILES string of the molecule is COc1cc2ccccc2cc1C(=O)N(Cc1ccco1)c1nc2c(C(C)C)cccc2s1. The van der Waals surface area contributed by atoms with Crippen LogP contribution in [0.5, 0.6) is 5.75 Å². The van der Waals surface area contributed by atoms with Crippen LogP contribution < -0.4 is 9.64 Å². The van der Waals surface area contributed by atoms with Gasteiger partial charge in [-0.15, -0.1) is 0 Å². The highest BCUT2D eigenvalue weighted by molar-refractivity contribution is 7.22. The van der Waals surface area contributed by atoms with E-state index in [9.17, 15) is 4.79 Å². The molecule has 0 bridgehead atoms. The molecule has 166 valence electrons. The van der Waals surface area contributed by atoms with Crippen LogP contribution in [0.4, 0.5) is 5.13 Å². The van der Waals surface area contributed by atoms with E-state index in [1.165, 1.54) is 16.9 Å². The standard InChI is InChI=1S/C27H24N2O3S/c1-17(2)21-11-6-12-24-25(21)28-27(33-24)29(16-20-10-7-13-32-20)26(30)22-14-18-8-4-5-9-19(18)15-23(22)31-3/h4-15,17H,16H2,1-3H3. The van der Waals surface area contributed by atoms with E-state index in [1.807, 2.05) is 54.6 Å². The molecule has 0 saturated carbocycles. The fourth-order valence-corrected chi connectivity index (χ4v) is 5.02. The number of hydrogen-bond donors (Lipinski definition) is 0. The first-order valence-corrected chi connectivity index (χ1v) is 11.7. The second-order valence-corrected chi connectivity index (χ2v) is 9.22. The van der Waals surface area contributed by atoms with Crippen molar-refractivity contribution in [1.82, 2.24) is 4.98 Å². The highest BCUT2D eigenvalue weighted by Crippen LogP contribution is 2.36. The van der Waals surface area contributed by atoms with Crippen LogP contribution in [0.3, 0.4) is 0 Å². The normalized spacial score (nSPS) is 11.4. The second kappa shape index (κ2) is 8.71. The van der Waals surface area contributed by atoms with Crippen molar-refractivity contribution >= 4 is 43.4 Å². The van der Waals surface area contributed by atoms with Gasteiger partial charge < -0.3 is 9.15 Å². The number of carbonyl (C=O) groups is 1. The maximum atomic E-state index is 14.0. The predicted molar refractivity (Wildman–Crippen MR) is 133 cm³/mol. The molecule has 33 heavy (non-hydrogen) atoms. The van der Waals surface area contributed by atoms with Gasteiger partial charge in [-0.2, -0.15) is 0 Å². The molecule has 6 heteroatoms. The number of nitrogens with zero attached hydrogens (tertiary/aromatic N) is 2. The van der Waals surface area contributed by atoms with Gasteiger partial charge in [0.1, 0.15) is 11.5 Å². The number of furan rings is 1. The first-order valence-electron chi connectivity index (χ1n) is 10.9. The minimum Gasteiger partial charge on any atom is -0.496 e. The van der Waals surface area contributed by atoms with Crippen LogP contribution in [0.25, 0.3) is 21.0 Å². The molecule has 0 aliphatic rings. The molecule has 2 aromatic heterocycles. The molecular formula is C27H24N2O3S. The number of carbonyl (C=O) groups excluding carboxylic acids is 1. The zero-order chi connectivity index (χ0) is 22.9. The summed E-state index contributed by atoms with van der Waals surface area (Å²) >= 11 is 1.51. The summed E-state index contributed by atoms with van der Waals surface area (Å²) in [5.41, 5.74) is 2.60. The summed E-state index contributed by atoms with van der Waals surface area (Å²) in [6.07, 6.45) is 1.61. The molecule has 0 unspecified atom stereocenters. The molecule has 1 amide bonds. The Labute approximate surface area is 196 Å². The van der Waals surface area contributed by atoms with E-state index >= 15 is 0 Å².